The first-order valence-electron chi connectivity index (χ1n) is 12.6. The zero-order chi connectivity index (χ0) is 27.5. The van der Waals surface area contributed by atoms with Crippen LogP contribution in [0.25, 0.3) is 0 Å². The van der Waals surface area contributed by atoms with E-state index >= 15 is 0 Å². The van der Waals surface area contributed by atoms with Crippen molar-refractivity contribution >= 4 is 11.9 Å². The molecule has 0 saturated heterocycles. The predicted octanol–water partition coefficient (Wildman–Crippen LogP) is 5.43. The number of hydrogen-bond donors (Lipinski definition) is 1. The quantitative estimate of drug-likeness (QED) is 0.249. The van der Waals surface area contributed by atoms with E-state index in [1.54, 1.807) is 6.07 Å². The number of carbonyl (C=O) groups is 2. The fourth-order valence-electron chi connectivity index (χ4n) is 3.99. The van der Waals surface area contributed by atoms with E-state index in [1.165, 1.54) is 31.4 Å². The van der Waals surface area contributed by atoms with Crippen molar-refractivity contribution in [1.29, 1.82) is 0 Å². The van der Waals surface area contributed by atoms with Gasteiger partial charge in [0.15, 0.2) is 11.5 Å². The summed E-state index contributed by atoms with van der Waals surface area (Å²) in [4.78, 5) is 25.2. The number of benzene rings is 4. The highest BCUT2D eigenvalue weighted by Crippen LogP contribution is 2.30. The first-order valence-corrected chi connectivity index (χ1v) is 12.6. The van der Waals surface area contributed by atoms with E-state index in [0.717, 1.165) is 16.7 Å². The molecule has 4 rings (SSSR count). The van der Waals surface area contributed by atoms with E-state index in [9.17, 15) is 14.0 Å². The van der Waals surface area contributed by atoms with Gasteiger partial charge in [0.1, 0.15) is 25.1 Å². The smallest absolute Gasteiger partial charge is 0.328 e. The molecular weight excluding hydrogens is 497 g/mol. The van der Waals surface area contributed by atoms with Crippen molar-refractivity contribution < 1.29 is 28.2 Å². The van der Waals surface area contributed by atoms with Gasteiger partial charge in [0, 0.05) is 6.42 Å². The number of ether oxygens (including phenoxy) is 3. The molecule has 4 aromatic carbocycles. The number of methoxy groups -OCH3 is 1. The van der Waals surface area contributed by atoms with Gasteiger partial charge in [-0.1, -0.05) is 78.9 Å². The molecule has 0 radical (unpaired) electrons. The van der Waals surface area contributed by atoms with Crippen LogP contribution in [0.1, 0.15) is 22.3 Å². The lowest BCUT2D eigenvalue weighted by Crippen LogP contribution is -2.43. The molecule has 1 atom stereocenters. The Morgan fingerprint density at radius 3 is 1.87 bits per heavy atom. The van der Waals surface area contributed by atoms with E-state index < -0.39 is 12.0 Å². The molecule has 6 nitrogen and oxygen atoms in total. The molecule has 1 N–H and O–H groups in total. The van der Waals surface area contributed by atoms with Gasteiger partial charge in [0.2, 0.25) is 5.91 Å². The van der Waals surface area contributed by atoms with Gasteiger partial charge in [-0.05, 0) is 46.5 Å². The molecule has 200 valence electrons. The highest BCUT2D eigenvalue weighted by atomic mass is 19.1. The Hall–Kier alpha value is -4.65. The largest absolute Gasteiger partial charge is 0.485 e. The summed E-state index contributed by atoms with van der Waals surface area (Å²) in [6.45, 7) is 0.701. The van der Waals surface area contributed by atoms with Gasteiger partial charge in [-0.25, -0.2) is 9.18 Å². The first kappa shape index (κ1) is 27.4. The van der Waals surface area contributed by atoms with E-state index in [2.05, 4.69) is 5.32 Å². The second-order valence-electron chi connectivity index (χ2n) is 8.98. The molecule has 0 saturated carbocycles. The van der Waals surface area contributed by atoms with Crippen molar-refractivity contribution in [2.75, 3.05) is 7.11 Å². The Kier molecular flexibility index (Phi) is 9.67. The zero-order valence-electron chi connectivity index (χ0n) is 21.6. The lowest BCUT2D eigenvalue weighted by Gasteiger charge is -2.19. The monoisotopic (exact) mass is 527 g/mol. The number of carbonyl (C=O) groups excluding carboxylic acids is 2. The number of rotatable bonds is 12. The summed E-state index contributed by atoms with van der Waals surface area (Å²) in [7, 11) is 1.27. The fourth-order valence-corrected chi connectivity index (χ4v) is 3.99. The average Bonchev–Trinajstić information content (AvgIpc) is 2.97. The lowest BCUT2D eigenvalue weighted by atomic mass is 10.0. The third-order valence-corrected chi connectivity index (χ3v) is 6.02. The number of hydrogen-bond acceptors (Lipinski definition) is 5. The second-order valence-corrected chi connectivity index (χ2v) is 8.98. The predicted molar refractivity (Wildman–Crippen MR) is 146 cm³/mol. The van der Waals surface area contributed by atoms with Crippen molar-refractivity contribution in [3.63, 3.8) is 0 Å². The summed E-state index contributed by atoms with van der Waals surface area (Å²) in [5.41, 5.74) is 3.40. The third-order valence-electron chi connectivity index (χ3n) is 6.02. The molecule has 0 fully saturated rings. The molecule has 1 amide bonds. The van der Waals surface area contributed by atoms with Crippen LogP contribution in [0.5, 0.6) is 11.5 Å². The SMILES string of the molecule is COC(=O)[C@H](Cc1ccc(OCc2ccccc2)c(OCc2ccccc2)c1)NC(=O)Cc1ccc(F)cc1. The molecular formula is C32H30FNO5. The van der Waals surface area contributed by atoms with Crippen molar-refractivity contribution in [1.82, 2.24) is 5.32 Å². The van der Waals surface area contributed by atoms with E-state index in [1.807, 2.05) is 72.8 Å². The zero-order valence-corrected chi connectivity index (χ0v) is 21.6. The molecule has 0 aliphatic rings. The standard InChI is InChI=1S/C32H30FNO5/c1-37-32(36)28(34-31(35)20-23-12-15-27(33)16-13-23)18-26-14-17-29(38-21-24-8-4-2-5-9-24)30(19-26)39-22-25-10-6-3-7-11-25/h2-17,19,28H,18,20-22H2,1H3,(H,34,35)/t28-/m0/s1. The molecule has 0 unspecified atom stereocenters. The Morgan fingerprint density at radius 2 is 1.28 bits per heavy atom. The van der Waals surface area contributed by atoms with Crippen LogP contribution in [0.3, 0.4) is 0 Å². The summed E-state index contributed by atoms with van der Waals surface area (Å²) in [5, 5.41) is 2.74. The molecule has 39 heavy (non-hydrogen) atoms. The topological polar surface area (TPSA) is 73.9 Å². The third kappa shape index (κ3) is 8.43. The van der Waals surface area contributed by atoms with Crippen LogP contribution >= 0.6 is 0 Å². The van der Waals surface area contributed by atoms with Crippen LogP contribution < -0.4 is 14.8 Å². The van der Waals surface area contributed by atoms with Gasteiger partial charge in [-0.2, -0.15) is 0 Å². The maximum Gasteiger partial charge on any atom is 0.328 e. The molecule has 0 aliphatic heterocycles. The van der Waals surface area contributed by atoms with Crippen molar-refractivity contribution in [2.45, 2.75) is 32.1 Å². The highest BCUT2D eigenvalue weighted by Gasteiger charge is 2.23. The van der Waals surface area contributed by atoms with Gasteiger partial charge in [0.25, 0.3) is 0 Å². The van der Waals surface area contributed by atoms with Crippen molar-refractivity contribution in [3.8, 4) is 11.5 Å². The molecule has 0 spiro atoms. The summed E-state index contributed by atoms with van der Waals surface area (Å²) >= 11 is 0. The molecule has 0 heterocycles. The normalized spacial score (nSPS) is 11.3. The summed E-state index contributed by atoms with van der Waals surface area (Å²) in [6, 6.07) is 29.7. The minimum atomic E-state index is -0.916. The summed E-state index contributed by atoms with van der Waals surface area (Å²) in [5.74, 6) is -0.242. The van der Waals surface area contributed by atoms with Crippen LogP contribution in [0.15, 0.2) is 103 Å². The minimum Gasteiger partial charge on any atom is -0.485 e. The lowest BCUT2D eigenvalue weighted by molar-refractivity contribution is -0.145. The van der Waals surface area contributed by atoms with E-state index in [-0.39, 0.29) is 24.6 Å². The summed E-state index contributed by atoms with van der Waals surface area (Å²) in [6.07, 6.45) is 0.188. The van der Waals surface area contributed by atoms with E-state index in [0.29, 0.717) is 30.3 Å². The Bertz CT molecular complexity index is 1360. The van der Waals surface area contributed by atoms with Gasteiger partial charge in [0.05, 0.1) is 13.5 Å². The first-order chi connectivity index (χ1) is 19.0. The Morgan fingerprint density at radius 1 is 0.718 bits per heavy atom. The average molecular weight is 528 g/mol. The van der Waals surface area contributed by atoms with Gasteiger partial charge < -0.3 is 19.5 Å². The Labute approximate surface area is 227 Å². The van der Waals surface area contributed by atoms with Gasteiger partial charge in [-0.15, -0.1) is 0 Å². The van der Waals surface area contributed by atoms with Crippen molar-refractivity contribution in [3.05, 3.63) is 131 Å². The van der Waals surface area contributed by atoms with Crippen LogP contribution in [0.4, 0.5) is 4.39 Å². The fraction of sp³-hybridized carbons (Fsp3) is 0.188. The number of halogens is 1. The molecule has 7 heteroatoms. The van der Waals surface area contributed by atoms with Gasteiger partial charge >= 0.3 is 5.97 Å². The summed E-state index contributed by atoms with van der Waals surface area (Å²) < 4.78 is 30.3. The highest BCUT2D eigenvalue weighted by molar-refractivity contribution is 5.85. The molecule has 0 bridgehead atoms. The molecule has 4 aromatic rings. The number of esters is 1. The minimum absolute atomic E-state index is 0.00543. The van der Waals surface area contributed by atoms with Crippen LogP contribution in [-0.2, 0) is 40.4 Å². The maximum absolute atomic E-state index is 13.2. The van der Waals surface area contributed by atoms with Crippen LogP contribution in [0, 0.1) is 5.82 Å². The molecule has 0 aliphatic carbocycles. The molecule has 0 aromatic heterocycles. The second kappa shape index (κ2) is 13.8. The number of amides is 1. The van der Waals surface area contributed by atoms with Gasteiger partial charge in [-0.3, -0.25) is 4.79 Å². The van der Waals surface area contributed by atoms with E-state index in [4.69, 9.17) is 14.2 Å². The maximum atomic E-state index is 13.2. The van der Waals surface area contributed by atoms with Crippen LogP contribution in [0.2, 0.25) is 0 Å². The Balaban J connectivity index is 1.49. The van der Waals surface area contributed by atoms with Crippen LogP contribution in [-0.4, -0.2) is 25.0 Å². The van der Waals surface area contributed by atoms with Crippen molar-refractivity contribution in [2.24, 2.45) is 0 Å². The number of nitrogens with one attached hydrogen (secondary N) is 1.